The van der Waals surface area contributed by atoms with Crippen molar-refractivity contribution in [2.24, 2.45) is 5.92 Å². The first-order valence-corrected chi connectivity index (χ1v) is 11.6. The van der Waals surface area contributed by atoms with E-state index in [9.17, 15) is 19.2 Å². The van der Waals surface area contributed by atoms with Gasteiger partial charge in [-0.05, 0) is 51.2 Å². The summed E-state index contributed by atoms with van der Waals surface area (Å²) in [4.78, 5) is 52.2. The molecular formula is C25H39N3O6. The van der Waals surface area contributed by atoms with E-state index in [-0.39, 0.29) is 19.0 Å². The van der Waals surface area contributed by atoms with E-state index in [2.05, 4.69) is 15.4 Å². The number of esters is 1. The fraction of sp³-hybridized carbons (Fsp3) is 0.600. The van der Waals surface area contributed by atoms with Gasteiger partial charge in [-0.1, -0.05) is 45.0 Å². The van der Waals surface area contributed by atoms with E-state index < -0.39 is 41.6 Å². The van der Waals surface area contributed by atoms with Crippen LogP contribution in [0.3, 0.4) is 0 Å². The number of methoxy groups -OCH3 is 1. The summed E-state index contributed by atoms with van der Waals surface area (Å²) < 4.78 is 9.93. The van der Waals surface area contributed by atoms with E-state index in [1.807, 2.05) is 19.1 Å². The molecule has 0 radical (unpaired) electrons. The molecule has 0 bridgehead atoms. The van der Waals surface area contributed by atoms with Gasteiger partial charge in [-0.25, -0.2) is 4.79 Å². The minimum Gasteiger partial charge on any atom is -0.468 e. The van der Waals surface area contributed by atoms with Crippen LogP contribution >= 0.6 is 0 Å². The Labute approximate surface area is 202 Å². The third-order valence-corrected chi connectivity index (χ3v) is 5.13. The molecule has 0 aliphatic carbocycles. The molecule has 0 aromatic heterocycles. The number of ether oxygens (including phenoxy) is 2. The van der Waals surface area contributed by atoms with Crippen LogP contribution in [0, 0.1) is 5.92 Å². The second kappa shape index (κ2) is 13.0. The molecule has 1 aromatic carbocycles. The Kier molecular flexibility index (Phi) is 11.0. The van der Waals surface area contributed by atoms with Crippen molar-refractivity contribution in [2.45, 2.75) is 72.6 Å². The van der Waals surface area contributed by atoms with Gasteiger partial charge in [-0.2, -0.15) is 0 Å². The summed E-state index contributed by atoms with van der Waals surface area (Å²) in [6, 6.07) is 5.46. The maximum atomic E-state index is 13.6. The Morgan fingerprint density at radius 3 is 2.06 bits per heavy atom. The molecule has 190 valence electrons. The van der Waals surface area contributed by atoms with Crippen LogP contribution in [-0.2, 0) is 30.3 Å². The maximum Gasteiger partial charge on any atom is 0.408 e. The largest absolute Gasteiger partial charge is 0.468 e. The summed E-state index contributed by atoms with van der Waals surface area (Å²) in [6.45, 7) is 12.5. The molecule has 0 spiro atoms. The molecule has 0 aliphatic rings. The van der Waals surface area contributed by atoms with Crippen LogP contribution < -0.4 is 10.6 Å². The highest BCUT2D eigenvalue weighted by Gasteiger charge is 2.36. The average molecular weight is 478 g/mol. The van der Waals surface area contributed by atoms with Crippen molar-refractivity contribution in [1.29, 1.82) is 0 Å². The number of benzene rings is 1. The molecule has 2 atom stereocenters. The Morgan fingerprint density at radius 1 is 1.03 bits per heavy atom. The number of carbonyl (C=O) groups is 4. The standard InChI is InChI=1S/C25H39N3O6/c1-9-17-11-13-18(14-12-17)21(22(30)26-15-19(29)33-8)28(10-2)23(31)20(16(3)4)27-24(32)34-25(5,6)7/h11-14,16,20-21H,9-10,15H2,1-8H3,(H,26,30)(H,27,32). The highest BCUT2D eigenvalue weighted by Crippen LogP contribution is 2.24. The first kappa shape index (κ1) is 28.9. The molecule has 2 unspecified atom stereocenters. The lowest BCUT2D eigenvalue weighted by Gasteiger charge is -2.34. The minimum absolute atomic E-state index is 0.198. The molecule has 0 heterocycles. The summed E-state index contributed by atoms with van der Waals surface area (Å²) in [6.07, 6.45) is 0.111. The average Bonchev–Trinajstić information content (AvgIpc) is 2.77. The topological polar surface area (TPSA) is 114 Å². The predicted molar refractivity (Wildman–Crippen MR) is 129 cm³/mol. The molecule has 0 saturated carbocycles. The first-order valence-electron chi connectivity index (χ1n) is 11.6. The van der Waals surface area contributed by atoms with Crippen LogP contribution in [-0.4, -0.2) is 60.6 Å². The van der Waals surface area contributed by atoms with Gasteiger partial charge >= 0.3 is 12.1 Å². The van der Waals surface area contributed by atoms with Crippen molar-refractivity contribution in [3.05, 3.63) is 35.4 Å². The summed E-state index contributed by atoms with van der Waals surface area (Å²) in [7, 11) is 1.23. The molecule has 0 saturated heterocycles. The lowest BCUT2D eigenvalue weighted by Crippen LogP contribution is -2.55. The highest BCUT2D eigenvalue weighted by molar-refractivity contribution is 5.93. The molecule has 0 aliphatic heterocycles. The molecule has 2 N–H and O–H groups in total. The fourth-order valence-corrected chi connectivity index (χ4v) is 3.33. The third kappa shape index (κ3) is 8.68. The normalized spacial score (nSPS) is 13.0. The van der Waals surface area contributed by atoms with Crippen molar-refractivity contribution in [2.75, 3.05) is 20.2 Å². The van der Waals surface area contributed by atoms with Crippen molar-refractivity contribution in [3.63, 3.8) is 0 Å². The lowest BCUT2D eigenvalue weighted by molar-refractivity contribution is -0.145. The zero-order chi connectivity index (χ0) is 26.1. The molecule has 1 rings (SSSR count). The Balaban J connectivity index is 3.32. The van der Waals surface area contributed by atoms with Crippen molar-refractivity contribution >= 4 is 23.9 Å². The van der Waals surface area contributed by atoms with Crippen LogP contribution in [0.15, 0.2) is 24.3 Å². The Hall–Kier alpha value is -3.10. The molecule has 1 aromatic rings. The number of nitrogens with one attached hydrogen (secondary N) is 2. The van der Waals surface area contributed by atoms with E-state index in [1.54, 1.807) is 53.7 Å². The van der Waals surface area contributed by atoms with Crippen LogP contribution in [0.4, 0.5) is 4.79 Å². The van der Waals surface area contributed by atoms with Gasteiger partial charge in [0.15, 0.2) is 0 Å². The smallest absolute Gasteiger partial charge is 0.408 e. The van der Waals surface area contributed by atoms with Crippen molar-refractivity contribution in [3.8, 4) is 0 Å². The number of hydrogen-bond donors (Lipinski definition) is 2. The van der Waals surface area contributed by atoms with Gasteiger partial charge in [0, 0.05) is 6.54 Å². The highest BCUT2D eigenvalue weighted by atomic mass is 16.6. The number of likely N-dealkylation sites (N-methyl/N-ethyl adjacent to an activating group) is 1. The van der Waals surface area contributed by atoms with Gasteiger partial charge in [0.2, 0.25) is 11.8 Å². The molecule has 3 amide bonds. The van der Waals surface area contributed by atoms with Gasteiger partial charge in [0.1, 0.15) is 24.2 Å². The first-order chi connectivity index (χ1) is 15.8. The van der Waals surface area contributed by atoms with E-state index in [1.165, 1.54) is 12.0 Å². The molecule has 34 heavy (non-hydrogen) atoms. The molecule has 0 fully saturated rings. The number of nitrogens with zero attached hydrogens (tertiary/aromatic N) is 1. The van der Waals surface area contributed by atoms with Gasteiger partial charge in [-0.3, -0.25) is 14.4 Å². The summed E-state index contributed by atoms with van der Waals surface area (Å²) >= 11 is 0. The van der Waals surface area contributed by atoms with Gasteiger partial charge in [0.05, 0.1) is 7.11 Å². The van der Waals surface area contributed by atoms with E-state index in [0.29, 0.717) is 5.56 Å². The summed E-state index contributed by atoms with van der Waals surface area (Å²) in [5.41, 5.74) is 0.948. The van der Waals surface area contributed by atoms with Crippen LogP contribution in [0.25, 0.3) is 0 Å². The number of rotatable bonds is 10. The van der Waals surface area contributed by atoms with E-state index in [0.717, 1.165) is 12.0 Å². The number of aryl methyl sites for hydroxylation is 1. The minimum atomic E-state index is -1.00. The second-order valence-corrected chi connectivity index (χ2v) is 9.28. The monoisotopic (exact) mass is 477 g/mol. The van der Waals surface area contributed by atoms with E-state index in [4.69, 9.17) is 4.74 Å². The van der Waals surface area contributed by atoms with Gasteiger partial charge in [-0.15, -0.1) is 0 Å². The number of amides is 3. The van der Waals surface area contributed by atoms with Crippen LogP contribution in [0.5, 0.6) is 0 Å². The van der Waals surface area contributed by atoms with Crippen molar-refractivity contribution < 1.29 is 28.7 Å². The zero-order valence-electron chi connectivity index (χ0n) is 21.6. The Bertz CT molecular complexity index is 845. The summed E-state index contributed by atoms with van der Waals surface area (Å²) in [5.74, 6) is -1.82. The fourth-order valence-electron chi connectivity index (χ4n) is 3.33. The molecule has 9 heteroatoms. The van der Waals surface area contributed by atoms with Crippen molar-refractivity contribution in [1.82, 2.24) is 15.5 Å². The SMILES string of the molecule is CCc1ccc(C(C(=O)NCC(=O)OC)N(CC)C(=O)C(NC(=O)OC(C)(C)C)C(C)C)cc1. The quantitative estimate of drug-likeness (QED) is 0.501. The Morgan fingerprint density at radius 2 is 1.62 bits per heavy atom. The molecule has 9 nitrogen and oxygen atoms in total. The molecular weight excluding hydrogens is 438 g/mol. The zero-order valence-corrected chi connectivity index (χ0v) is 21.6. The van der Waals surface area contributed by atoms with Crippen LogP contribution in [0.1, 0.15) is 65.6 Å². The van der Waals surface area contributed by atoms with Gasteiger partial charge < -0.3 is 25.0 Å². The number of hydrogen-bond acceptors (Lipinski definition) is 6. The number of carbonyl (C=O) groups excluding carboxylic acids is 4. The second-order valence-electron chi connectivity index (χ2n) is 9.28. The van der Waals surface area contributed by atoms with Gasteiger partial charge in [0.25, 0.3) is 0 Å². The number of alkyl carbamates (subject to hydrolysis) is 1. The van der Waals surface area contributed by atoms with E-state index >= 15 is 0 Å². The maximum absolute atomic E-state index is 13.6. The summed E-state index contributed by atoms with van der Waals surface area (Å²) in [5, 5.41) is 5.20. The lowest BCUT2D eigenvalue weighted by atomic mass is 9.98. The third-order valence-electron chi connectivity index (χ3n) is 5.13. The van der Waals surface area contributed by atoms with Crippen LogP contribution in [0.2, 0.25) is 0 Å². The predicted octanol–water partition coefficient (Wildman–Crippen LogP) is 2.98.